The number of hydrogen-bond donors (Lipinski definition) is 0. The zero-order chi connectivity index (χ0) is 13.8. The van der Waals surface area contributed by atoms with E-state index in [9.17, 15) is 14.9 Å². The maximum absolute atomic E-state index is 10.9. The molecule has 0 N–H and O–H groups in total. The van der Waals surface area contributed by atoms with Gasteiger partial charge < -0.3 is 4.74 Å². The highest BCUT2D eigenvalue weighted by molar-refractivity contribution is 5.92. The van der Waals surface area contributed by atoms with E-state index in [1.807, 2.05) is 0 Å². The van der Waals surface area contributed by atoms with Crippen molar-refractivity contribution >= 4 is 22.4 Å². The fraction of sp³-hybridized carbons (Fsp3) is 0.231. The average molecular weight is 260 g/mol. The van der Waals surface area contributed by atoms with Crippen molar-refractivity contribution in [1.82, 2.24) is 4.98 Å². The van der Waals surface area contributed by atoms with Crippen molar-refractivity contribution in [1.29, 1.82) is 0 Å². The molecular weight excluding hydrogens is 248 g/mol. The molecule has 2 aromatic rings. The molecule has 1 aromatic carbocycles. The SMILES string of the molecule is CC(=O)CCOc1ccc([N+](=O)[O-])c2ncccc12. The zero-order valence-corrected chi connectivity index (χ0v) is 10.3. The molecule has 6 heteroatoms. The Bertz CT molecular complexity index is 640. The summed E-state index contributed by atoms with van der Waals surface area (Å²) in [6.07, 6.45) is 1.80. The Hall–Kier alpha value is -2.50. The molecule has 0 radical (unpaired) electrons. The number of nitro groups is 1. The summed E-state index contributed by atoms with van der Waals surface area (Å²) in [6, 6.07) is 6.28. The zero-order valence-electron chi connectivity index (χ0n) is 10.3. The summed E-state index contributed by atoms with van der Waals surface area (Å²) in [7, 11) is 0. The first-order chi connectivity index (χ1) is 9.09. The van der Waals surface area contributed by atoms with Gasteiger partial charge in [-0.2, -0.15) is 0 Å². The Morgan fingerprint density at radius 2 is 2.21 bits per heavy atom. The second kappa shape index (κ2) is 5.43. The minimum atomic E-state index is -0.477. The number of Topliss-reactive ketones (excluding diaryl/α,β-unsaturated/α-hetero) is 1. The Kier molecular flexibility index (Phi) is 3.70. The van der Waals surface area contributed by atoms with Gasteiger partial charge in [-0.05, 0) is 25.1 Å². The van der Waals surface area contributed by atoms with Gasteiger partial charge in [0.2, 0.25) is 0 Å². The number of carbonyl (C=O) groups is 1. The third-order valence-corrected chi connectivity index (χ3v) is 2.62. The van der Waals surface area contributed by atoms with Crippen LogP contribution in [-0.2, 0) is 4.79 Å². The predicted molar refractivity (Wildman–Crippen MR) is 69.2 cm³/mol. The van der Waals surface area contributed by atoms with Crippen LogP contribution in [0.1, 0.15) is 13.3 Å². The number of non-ortho nitro benzene ring substituents is 1. The quantitative estimate of drug-likeness (QED) is 0.609. The van der Waals surface area contributed by atoms with Gasteiger partial charge in [0.05, 0.1) is 11.5 Å². The van der Waals surface area contributed by atoms with Crippen molar-refractivity contribution in [3.63, 3.8) is 0 Å². The normalized spacial score (nSPS) is 10.4. The molecule has 6 nitrogen and oxygen atoms in total. The molecule has 0 fully saturated rings. The summed E-state index contributed by atoms with van der Waals surface area (Å²) in [4.78, 5) is 25.3. The van der Waals surface area contributed by atoms with E-state index >= 15 is 0 Å². The highest BCUT2D eigenvalue weighted by Gasteiger charge is 2.15. The molecule has 0 bridgehead atoms. The van der Waals surface area contributed by atoms with E-state index < -0.39 is 4.92 Å². The molecule has 1 heterocycles. The van der Waals surface area contributed by atoms with E-state index in [4.69, 9.17) is 4.74 Å². The number of rotatable bonds is 5. The Balaban J connectivity index is 2.38. The third-order valence-electron chi connectivity index (χ3n) is 2.62. The van der Waals surface area contributed by atoms with Gasteiger partial charge in [-0.25, -0.2) is 4.98 Å². The van der Waals surface area contributed by atoms with Crippen LogP contribution in [0, 0.1) is 10.1 Å². The molecule has 0 aliphatic carbocycles. The molecule has 0 unspecified atom stereocenters. The largest absolute Gasteiger partial charge is 0.492 e. The maximum Gasteiger partial charge on any atom is 0.295 e. The lowest BCUT2D eigenvalue weighted by Gasteiger charge is -2.08. The van der Waals surface area contributed by atoms with Crippen molar-refractivity contribution in [2.45, 2.75) is 13.3 Å². The highest BCUT2D eigenvalue weighted by Crippen LogP contribution is 2.31. The van der Waals surface area contributed by atoms with Crippen molar-refractivity contribution in [3.05, 3.63) is 40.6 Å². The molecule has 1 aromatic heterocycles. The van der Waals surface area contributed by atoms with E-state index in [1.165, 1.54) is 25.3 Å². The average Bonchev–Trinajstić information content (AvgIpc) is 2.38. The van der Waals surface area contributed by atoms with E-state index in [0.29, 0.717) is 17.6 Å². The van der Waals surface area contributed by atoms with Crippen LogP contribution < -0.4 is 4.74 Å². The third kappa shape index (κ3) is 2.85. The van der Waals surface area contributed by atoms with E-state index in [-0.39, 0.29) is 23.6 Å². The van der Waals surface area contributed by atoms with E-state index in [2.05, 4.69) is 4.98 Å². The second-order valence-corrected chi connectivity index (χ2v) is 4.04. The lowest BCUT2D eigenvalue weighted by Crippen LogP contribution is -2.03. The number of fused-ring (bicyclic) bond motifs is 1. The smallest absolute Gasteiger partial charge is 0.295 e. The summed E-state index contributed by atoms with van der Waals surface area (Å²) < 4.78 is 5.48. The number of nitrogens with zero attached hydrogens (tertiary/aromatic N) is 2. The van der Waals surface area contributed by atoms with Gasteiger partial charge in [-0.15, -0.1) is 0 Å². The Morgan fingerprint density at radius 1 is 1.42 bits per heavy atom. The van der Waals surface area contributed by atoms with Crippen LogP contribution >= 0.6 is 0 Å². The van der Waals surface area contributed by atoms with Crippen molar-refractivity contribution < 1.29 is 14.5 Å². The molecule has 2 rings (SSSR count). The molecule has 98 valence electrons. The fourth-order valence-corrected chi connectivity index (χ4v) is 1.71. The van der Waals surface area contributed by atoms with Crippen molar-refractivity contribution in [2.24, 2.45) is 0 Å². The number of aromatic nitrogens is 1. The first kappa shape index (κ1) is 12.9. The fourth-order valence-electron chi connectivity index (χ4n) is 1.71. The summed E-state index contributed by atoms with van der Waals surface area (Å²) in [5, 5.41) is 11.5. The van der Waals surface area contributed by atoms with Gasteiger partial charge in [0.15, 0.2) is 5.52 Å². The van der Waals surface area contributed by atoms with Crippen LogP contribution in [0.25, 0.3) is 10.9 Å². The summed E-state index contributed by atoms with van der Waals surface area (Å²) in [5.41, 5.74) is 0.224. The highest BCUT2D eigenvalue weighted by atomic mass is 16.6. The van der Waals surface area contributed by atoms with Crippen molar-refractivity contribution in [2.75, 3.05) is 6.61 Å². The first-order valence-electron chi connectivity index (χ1n) is 5.74. The molecular formula is C13H12N2O4. The molecule has 0 aliphatic rings. The van der Waals surface area contributed by atoms with Gasteiger partial charge in [-0.3, -0.25) is 14.9 Å². The monoisotopic (exact) mass is 260 g/mol. The molecule has 0 aliphatic heterocycles. The van der Waals surface area contributed by atoms with E-state index in [1.54, 1.807) is 12.1 Å². The molecule has 0 saturated heterocycles. The first-order valence-corrected chi connectivity index (χ1v) is 5.74. The number of benzene rings is 1. The van der Waals surface area contributed by atoms with E-state index in [0.717, 1.165) is 0 Å². The van der Waals surface area contributed by atoms with Crippen LogP contribution in [0.5, 0.6) is 5.75 Å². The number of hydrogen-bond acceptors (Lipinski definition) is 5. The van der Waals surface area contributed by atoms with Gasteiger partial charge >= 0.3 is 0 Å². The number of nitro benzene ring substituents is 1. The standard InChI is InChI=1S/C13H12N2O4/c1-9(16)6-8-19-12-5-4-11(15(17)18)13-10(12)3-2-7-14-13/h2-5,7H,6,8H2,1H3. The van der Waals surface area contributed by atoms with Crippen LogP contribution in [0.4, 0.5) is 5.69 Å². The Morgan fingerprint density at radius 3 is 2.89 bits per heavy atom. The van der Waals surface area contributed by atoms with Crippen LogP contribution in [0.15, 0.2) is 30.5 Å². The minimum Gasteiger partial charge on any atom is -0.492 e. The number of ketones is 1. The van der Waals surface area contributed by atoms with Crippen LogP contribution in [0.2, 0.25) is 0 Å². The Labute approximate surface area is 109 Å². The minimum absolute atomic E-state index is 0.0318. The van der Waals surface area contributed by atoms with Gasteiger partial charge in [0.25, 0.3) is 5.69 Å². The number of carbonyl (C=O) groups excluding carboxylic acids is 1. The topological polar surface area (TPSA) is 82.3 Å². The molecule has 0 saturated carbocycles. The summed E-state index contributed by atoms with van der Waals surface area (Å²) in [5.74, 6) is 0.527. The number of ether oxygens (including phenoxy) is 1. The van der Waals surface area contributed by atoms with Crippen LogP contribution in [-0.4, -0.2) is 22.3 Å². The summed E-state index contributed by atoms with van der Waals surface area (Å²) >= 11 is 0. The maximum atomic E-state index is 10.9. The van der Waals surface area contributed by atoms with Gasteiger partial charge in [0, 0.05) is 24.1 Å². The predicted octanol–water partition coefficient (Wildman–Crippen LogP) is 2.50. The molecule has 0 spiro atoms. The van der Waals surface area contributed by atoms with Crippen molar-refractivity contribution in [3.8, 4) is 5.75 Å². The molecule has 19 heavy (non-hydrogen) atoms. The molecule has 0 amide bonds. The number of pyridine rings is 1. The van der Waals surface area contributed by atoms with Crippen LogP contribution in [0.3, 0.4) is 0 Å². The van der Waals surface area contributed by atoms with Gasteiger partial charge in [0.1, 0.15) is 11.5 Å². The lowest BCUT2D eigenvalue weighted by molar-refractivity contribution is -0.383. The summed E-state index contributed by atoms with van der Waals surface area (Å²) in [6.45, 7) is 1.73. The lowest BCUT2D eigenvalue weighted by atomic mass is 10.1. The van der Waals surface area contributed by atoms with Gasteiger partial charge in [-0.1, -0.05) is 0 Å². The molecule has 0 atom stereocenters. The second-order valence-electron chi connectivity index (χ2n) is 4.04.